The highest BCUT2D eigenvalue weighted by atomic mass is 16.5. The van der Waals surface area contributed by atoms with Gasteiger partial charge in [0.15, 0.2) is 0 Å². The van der Waals surface area contributed by atoms with Gasteiger partial charge in [-0.1, -0.05) is 30.3 Å². The molecule has 2 unspecified atom stereocenters. The van der Waals surface area contributed by atoms with Gasteiger partial charge in [0, 0.05) is 17.8 Å². The second-order valence-corrected chi connectivity index (χ2v) is 5.25. The van der Waals surface area contributed by atoms with Crippen molar-refractivity contribution in [1.29, 1.82) is 0 Å². The topological polar surface area (TPSA) is 57.4 Å². The van der Waals surface area contributed by atoms with Gasteiger partial charge in [0.2, 0.25) is 5.88 Å². The van der Waals surface area contributed by atoms with Crippen LogP contribution in [0.15, 0.2) is 42.6 Å². The minimum atomic E-state index is -0.162. The molecule has 1 aliphatic heterocycles. The molecule has 2 aromatic rings. The van der Waals surface area contributed by atoms with Gasteiger partial charge in [0.1, 0.15) is 0 Å². The SMILES string of the molecule is COc1ncccc1C(N)CC1OCCc2ccccc21. The summed E-state index contributed by atoms with van der Waals surface area (Å²) >= 11 is 0. The molecule has 4 nitrogen and oxygen atoms in total. The Balaban J connectivity index is 1.81. The number of pyridine rings is 1. The summed E-state index contributed by atoms with van der Waals surface area (Å²) in [5.74, 6) is 0.592. The largest absolute Gasteiger partial charge is 0.481 e. The molecule has 2 N–H and O–H groups in total. The molecule has 2 atom stereocenters. The molecule has 2 heterocycles. The van der Waals surface area contributed by atoms with Crippen LogP contribution >= 0.6 is 0 Å². The lowest BCUT2D eigenvalue weighted by molar-refractivity contribution is 0.0318. The van der Waals surface area contributed by atoms with Crippen molar-refractivity contribution in [2.45, 2.75) is 25.0 Å². The van der Waals surface area contributed by atoms with Crippen LogP contribution in [0.25, 0.3) is 0 Å². The van der Waals surface area contributed by atoms with Gasteiger partial charge >= 0.3 is 0 Å². The van der Waals surface area contributed by atoms with Crippen LogP contribution in [0.4, 0.5) is 0 Å². The van der Waals surface area contributed by atoms with E-state index in [0.717, 1.165) is 25.0 Å². The number of hydrogen-bond acceptors (Lipinski definition) is 4. The number of ether oxygens (including phenoxy) is 2. The molecule has 0 saturated heterocycles. The lowest BCUT2D eigenvalue weighted by atomic mass is 9.92. The molecule has 0 fully saturated rings. The number of fused-ring (bicyclic) bond motifs is 1. The first kappa shape index (κ1) is 14.0. The van der Waals surface area contributed by atoms with Crippen LogP contribution in [0, 0.1) is 0 Å². The van der Waals surface area contributed by atoms with Gasteiger partial charge in [-0.15, -0.1) is 0 Å². The summed E-state index contributed by atoms with van der Waals surface area (Å²) in [6.07, 6.45) is 3.44. The van der Waals surface area contributed by atoms with Crippen LogP contribution in [0.1, 0.15) is 35.3 Å². The van der Waals surface area contributed by atoms with Crippen molar-refractivity contribution < 1.29 is 9.47 Å². The molecule has 4 heteroatoms. The Morgan fingerprint density at radius 1 is 1.33 bits per heavy atom. The third-order valence-electron chi connectivity index (χ3n) is 3.95. The van der Waals surface area contributed by atoms with Gasteiger partial charge < -0.3 is 15.2 Å². The average molecular weight is 284 g/mol. The van der Waals surface area contributed by atoms with Crippen LogP contribution in [-0.2, 0) is 11.2 Å². The molecule has 0 bridgehead atoms. The van der Waals surface area contributed by atoms with Crippen LogP contribution < -0.4 is 10.5 Å². The Bertz CT molecular complexity index is 615. The van der Waals surface area contributed by atoms with E-state index in [1.54, 1.807) is 13.3 Å². The smallest absolute Gasteiger partial charge is 0.217 e. The quantitative estimate of drug-likeness (QED) is 0.938. The minimum Gasteiger partial charge on any atom is -0.481 e. The second-order valence-electron chi connectivity index (χ2n) is 5.25. The summed E-state index contributed by atoms with van der Waals surface area (Å²) in [6, 6.07) is 12.1. The van der Waals surface area contributed by atoms with Gasteiger partial charge in [0.25, 0.3) is 0 Å². The summed E-state index contributed by atoms with van der Waals surface area (Å²) in [5, 5.41) is 0. The maximum Gasteiger partial charge on any atom is 0.217 e. The van der Waals surface area contributed by atoms with Gasteiger partial charge in [-0.05, 0) is 30.0 Å². The maximum atomic E-state index is 6.36. The van der Waals surface area contributed by atoms with Gasteiger partial charge in [-0.2, -0.15) is 0 Å². The first-order valence-corrected chi connectivity index (χ1v) is 7.23. The Morgan fingerprint density at radius 3 is 3.05 bits per heavy atom. The normalized spacial score (nSPS) is 18.9. The molecule has 110 valence electrons. The molecule has 3 rings (SSSR count). The van der Waals surface area contributed by atoms with E-state index in [4.69, 9.17) is 15.2 Å². The van der Waals surface area contributed by atoms with Crippen molar-refractivity contribution in [1.82, 2.24) is 4.98 Å². The lowest BCUT2D eigenvalue weighted by Crippen LogP contribution is -2.22. The molecule has 1 aromatic carbocycles. The molecule has 0 aliphatic carbocycles. The minimum absolute atomic E-state index is 0.0369. The van der Waals surface area contributed by atoms with E-state index in [1.807, 2.05) is 12.1 Å². The van der Waals surface area contributed by atoms with Crippen LogP contribution in [0.3, 0.4) is 0 Å². The molecule has 1 aliphatic rings. The monoisotopic (exact) mass is 284 g/mol. The molecule has 0 amide bonds. The fourth-order valence-corrected chi connectivity index (χ4v) is 2.89. The Hall–Kier alpha value is -1.91. The van der Waals surface area contributed by atoms with E-state index in [2.05, 4.69) is 29.2 Å². The van der Waals surface area contributed by atoms with E-state index in [9.17, 15) is 0 Å². The number of benzene rings is 1. The highest BCUT2D eigenvalue weighted by molar-refractivity contribution is 5.33. The Kier molecular flexibility index (Phi) is 4.18. The molecule has 0 saturated carbocycles. The van der Waals surface area contributed by atoms with Crippen molar-refractivity contribution in [2.24, 2.45) is 5.73 Å². The first-order valence-electron chi connectivity index (χ1n) is 7.23. The summed E-state index contributed by atoms with van der Waals surface area (Å²) in [7, 11) is 1.62. The summed E-state index contributed by atoms with van der Waals surface area (Å²) in [5.41, 5.74) is 9.89. The molecule has 0 spiro atoms. The van der Waals surface area contributed by atoms with E-state index >= 15 is 0 Å². The third kappa shape index (κ3) is 2.91. The van der Waals surface area contributed by atoms with E-state index in [-0.39, 0.29) is 12.1 Å². The summed E-state index contributed by atoms with van der Waals surface area (Å²) < 4.78 is 11.2. The highest BCUT2D eigenvalue weighted by Gasteiger charge is 2.24. The molecule has 0 radical (unpaired) electrons. The van der Waals surface area contributed by atoms with Gasteiger partial charge in [-0.25, -0.2) is 4.98 Å². The second kappa shape index (κ2) is 6.24. The number of nitrogens with zero attached hydrogens (tertiary/aromatic N) is 1. The number of rotatable bonds is 4. The zero-order valence-corrected chi connectivity index (χ0v) is 12.2. The highest BCUT2D eigenvalue weighted by Crippen LogP contribution is 2.35. The van der Waals surface area contributed by atoms with E-state index in [0.29, 0.717) is 5.88 Å². The van der Waals surface area contributed by atoms with Crippen LogP contribution in [-0.4, -0.2) is 18.7 Å². The van der Waals surface area contributed by atoms with Gasteiger partial charge in [-0.3, -0.25) is 0 Å². The van der Waals surface area contributed by atoms with Crippen LogP contribution in [0.2, 0.25) is 0 Å². The lowest BCUT2D eigenvalue weighted by Gasteiger charge is -2.28. The summed E-state index contributed by atoms with van der Waals surface area (Å²) in [6.45, 7) is 0.749. The predicted octanol–water partition coefficient (Wildman–Crippen LogP) is 2.79. The van der Waals surface area contributed by atoms with Crippen molar-refractivity contribution in [3.05, 3.63) is 59.3 Å². The number of methoxy groups -OCH3 is 1. The molecule has 1 aromatic heterocycles. The number of hydrogen-bond donors (Lipinski definition) is 1. The number of nitrogens with two attached hydrogens (primary N) is 1. The fraction of sp³-hybridized carbons (Fsp3) is 0.353. The van der Waals surface area contributed by atoms with Crippen molar-refractivity contribution in [3.8, 4) is 5.88 Å². The summed E-state index contributed by atoms with van der Waals surface area (Å²) in [4.78, 5) is 4.21. The maximum absolute atomic E-state index is 6.36. The van der Waals surface area contributed by atoms with Gasteiger partial charge in [0.05, 0.1) is 19.8 Å². The average Bonchev–Trinajstić information content (AvgIpc) is 2.55. The third-order valence-corrected chi connectivity index (χ3v) is 3.95. The zero-order chi connectivity index (χ0) is 14.7. The van der Waals surface area contributed by atoms with Crippen molar-refractivity contribution in [2.75, 3.05) is 13.7 Å². The van der Waals surface area contributed by atoms with E-state index in [1.165, 1.54) is 11.1 Å². The predicted molar refractivity (Wildman–Crippen MR) is 81.2 cm³/mol. The van der Waals surface area contributed by atoms with Crippen molar-refractivity contribution in [3.63, 3.8) is 0 Å². The Labute approximate surface area is 124 Å². The molecule has 21 heavy (non-hydrogen) atoms. The van der Waals surface area contributed by atoms with Crippen molar-refractivity contribution >= 4 is 0 Å². The standard InChI is InChI=1S/C17H20N2O2/c1-20-17-14(7-4-9-19-17)15(18)11-16-13-6-3-2-5-12(13)8-10-21-16/h2-7,9,15-16H,8,10-11,18H2,1H3. The number of aromatic nitrogens is 1. The zero-order valence-electron chi connectivity index (χ0n) is 12.2. The van der Waals surface area contributed by atoms with E-state index < -0.39 is 0 Å². The fourth-order valence-electron chi connectivity index (χ4n) is 2.89. The van der Waals surface area contributed by atoms with Crippen LogP contribution in [0.5, 0.6) is 5.88 Å². The Morgan fingerprint density at radius 2 is 2.19 bits per heavy atom. The molecular formula is C17H20N2O2. The molecular weight excluding hydrogens is 264 g/mol. The first-order chi connectivity index (χ1) is 10.3.